The Morgan fingerprint density at radius 3 is 2.39 bits per heavy atom. The topological polar surface area (TPSA) is 72.5 Å². The van der Waals surface area contributed by atoms with Gasteiger partial charge in [0, 0.05) is 30.5 Å². The minimum absolute atomic E-state index is 0.242. The molecule has 1 saturated heterocycles. The molecule has 3 heterocycles. The van der Waals surface area contributed by atoms with E-state index >= 15 is 0 Å². The van der Waals surface area contributed by atoms with Crippen LogP contribution < -0.4 is 10.2 Å². The standard InChI is InChI=1S/C24H22N4O3/c29-24(25-18-8-10-19(11-9-18)27-12-15-30-16-13-27)22-17-21(23-7-4-14-31-23)26-28(22)20-5-2-1-3-6-20/h1-11,14,17H,12-13,15-16H2,(H,25,29). The van der Waals surface area contributed by atoms with Gasteiger partial charge in [-0.1, -0.05) is 18.2 Å². The third kappa shape index (κ3) is 4.08. The van der Waals surface area contributed by atoms with Crippen LogP contribution in [0.4, 0.5) is 11.4 Å². The Morgan fingerprint density at radius 1 is 0.903 bits per heavy atom. The molecule has 0 saturated carbocycles. The quantitative estimate of drug-likeness (QED) is 0.529. The van der Waals surface area contributed by atoms with Crippen molar-refractivity contribution in [2.24, 2.45) is 0 Å². The van der Waals surface area contributed by atoms with Gasteiger partial charge in [-0.25, -0.2) is 4.68 Å². The number of furan rings is 1. The second-order valence-electron chi connectivity index (χ2n) is 7.24. The Bertz CT molecular complexity index is 1150. The minimum Gasteiger partial charge on any atom is -0.463 e. The summed E-state index contributed by atoms with van der Waals surface area (Å²) >= 11 is 0. The van der Waals surface area contributed by atoms with Gasteiger partial charge in [0.25, 0.3) is 5.91 Å². The molecule has 0 bridgehead atoms. The van der Waals surface area contributed by atoms with E-state index in [4.69, 9.17) is 9.15 Å². The summed E-state index contributed by atoms with van der Waals surface area (Å²) in [5.41, 5.74) is 3.67. The predicted molar refractivity (Wildman–Crippen MR) is 119 cm³/mol. The number of nitrogens with zero attached hydrogens (tertiary/aromatic N) is 3. The molecule has 1 fully saturated rings. The summed E-state index contributed by atoms with van der Waals surface area (Å²) in [6.45, 7) is 3.22. The first-order chi connectivity index (χ1) is 15.3. The number of ether oxygens (including phenoxy) is 1. The number of benzene rings is 2. The molecule has 1 N–H and O–H groups in total. The van der Waals surface area contributed by atoms with Crippen LogP contribution in [0.3, 0.4) is 0 Å². The molecule has 0 atom stereocenters. The highest BCUT2D eigenvalue weighted by molar-refractivity contribution is 6.04. The van der Waals surface area contributed by atoms with Gasteiger partial charge in [0.15, 0.2) is 5.76 Å². The van der Waals surface area contributed by atoms with Gasteiger partial charge in [-0.2, -0.15) is 5.10 Å². The maximum absolute atomic E-state index is 13.1. The zero-order valence-electron chi connectivity index (χ0n) is 16.9. The number of carbonyl (C=O) groups excluding carboxylic acids is 1. The number of para-hydroxylation sites is 1. The fourth-order valence-corrected chi connectivity index (χ4v) is 3.63. The van der Waals surface area contributed by atoms with Crippen molar-refractivity contribution >= 4 is 17.3 Å². The Labute approximate surface area is 179 Å². The fraction of sp³-hybridized carbons (Fsp3) is 0.167. The van der Waals surface area contributed by atoms with Gasteiger partial charge >= 0.3 is 0 Å². The first kappa shape index (κ1) is 19.1. The van der Waals surface area contributed by atoms with Gasteiger partial charge < -0.3 is 19.4 Å². The van der Waals surface area contributed by atoms with Crippen molar-refractivity contribution in [3.05, 3.63) is 84.8 Å². The van der Waals surface area contributed by atoms with E-state index in [1.165, 1.54) is 0 Å². The lowest BCUT2D eigenvalue weighted by atomic mass is 10.2. The van der Waals surface area contributed by atoms with Crippen molar-refractivity contribution < 1.29 is 13.9 Å². The Morgan fingerprint density at radius 2 is 1.68 bits per heavy atom. The SMILES string of the molecule is O=C(Nc1ccc(N2CCOCC2)cc1)c1cc(-c2ccco2)nn1-c1ccccc1. The van der Waals surface area contributed by atoms with Crippen LogP contribution in [0.5, 0.6) is 0 Å². The summed E-state index contributed by atoms with van der Waals surface area (Å²) in [5.74, 6) is 0.367. The van der Waals surface area contributed by atoms with Crippen LogP contribution in [0.2, 0.25) is 0 Å². The lowest BCUT2D eigenvalue weighted by Crippen LogP contribution is -2.36. The average molecular weight is 414 g/mol. The number of carbonyl (C=O) groups is 1. The molecule has 1 aliphatic heterocycles. The van der Waals surface area contributed by atoms with E-state index in [0.29, 0.717) is 17.1 Å². The number of morpholine rings is 1. The van der Waals surface area contributed by atoms with Gasteiger partial charge in [0.05, 0.1) is 25.2 Å². The van der Waals surface area contributed by atoms with Crippen molar-refractivity contribution in [2.75, 3.05) is 36.5 Å². The van der Waals surface area contributed by atoms with Gasteiger partial charge in [0.2, 0.25) is 0 Å². The highest BCUT2D eigenvalue weighted by atomic mass is 16.5. The Hall–Kier alpha value is -3.84. The average Bonchev–Trinajstić information content (AvgIpc) is 3.51. The Kier molecular flexibility index (Phi) is 5.24. The van der Waals surface area contributed by atoms with Crippen molar-refractivity contribution in [2.45, 2.75) is 0 Å². The zero-order chi connectivity index (χ0) is 21.0. The lowest BCUT2D eigenvalue weighted by molar-refractivity contribution is 0.101. The summed E-state index contributed by atoms with van der Waals surface area (Å²) in [5, 5.41) is 7.59. The van der Waals surface area contributed by atoms with E-state index < -0.39 is 0 Å². The third-order valence-corrected chi connectivity index (χ3v) is 5.22. The lowest BCUT2D eigenvalue weighted by Gasteiger charge is -2.28. The Balaban J connectivity index is 1.40. The minimum atomic E-state index is -0.242. The van der Waals surface area contributed by atoms with Crippen molar-refractivity contribution in [3.63, 3.8) is 0 Å². The number of hydrogen-bond donors (Lipinski definition) is 1. The smallest absolute Gasteiger partial charge is 0.274 e. The number of hydrogen-bond acceptors (Lipinski definition) is 5. The summed E-state index contributed by atoms with van der Waals surface area (Å²) in [6, 6.07) is 22.8. The summed E-state index contributed by atoms with van der Waals surface area (Å²) in [7, 11) is 0. The molecule has 4 aromatic rings. The largest absolute Gasteiger partial charge is 0.463 e. The van der Waals surface area contributed by atoms with Crippen molar-refractivity contribution in [3.8, 4) is 17.1 Å². The van der Waals surface area contributed by atoms with E-state index in [1.807, 2.05) is 60.7 Å². The molecule has 31 heavy (non-hydrogen) atoms. The van der Waals surface area contributed by atoms with E-state index in [0.717, 1.165) is 43.4 Å². The zero-order valence-corrected chi connectivity index (χ0v) is 16.9. The number of nitrogens with one attached hydrogen (secondary N) is 1. The van der Waals surface area contributed by atoms with Gasteiger partial charge in [-0.15, -0.1) is 0 Å². The molecule has 0 aliphatic carbocycles. The summed E-state index contributed by atoms with van der Waals surface area (Å²) < 4.78 is 12.5. The van der Waals surface area contributed by atoms with Gasteiger partial charge in [0.1, 0.15) is 11.4 Å². The van der Waals surface area contributed by atoms with Crippen LogP contribution in [0, 0.1) is 0 Å². The monoisotopic (exact) mass is 414 g/mol. The normalized spacial score (nSPS) is 13.9. The molecule has 0 spiro atoms. The van der Waals surface area contributed by atoms with Crippen LogP contribution in [0.15, 0.2) is 83.5 Å². The maximum Gasteiger partial charge on any atom is 0.274 e. The molecule has 5 rings (SSSR count). The molecule has 7 heteroatoms. The van der Waals surface area contributed by atoms with Crippen LogP contribution in [-0.4, -0.2) is 42.0 Å². The highest BCUT2D eigenvalue weighted by Crippen LogP contribution is 2.24. The predicted octanol–water partition coefficient (Wildman–Crippen LogP) is 4.22. The van der Waals surface area contributed by atoms with Crippen LogP contribution in [0.25, 0.3) is 17.1 Å². The number of aromatic nitrogens is 2. The third-order valence-electron chi connectivity index (χ3n) is 5.22. The van der Waals surface area contributed by atoms with Crippen molar-refractivity contribution in [1.82, 2.24) is 9.78 Å². The first-order valence-electron chi connectivity index (χ1n) is 10.2. The number of rotatable bonds is 5. The van der Waals surface area contributed by atoms with Crippen molar-refractivity contribution in [1.29, 1.82) is 0 Å². The van der Waals surface area contributed by atoms with E-state index in [-0.39, 0.29) is 5.91 Å². The molecular formula is C24H22N4O3. The number of amides is 1. The molecule has 156 valence electrons. The second-order valence-corrected chi connectivity index (χ2v) is 7.24. The molecule has 0 unspecified atom stereocenters. The maximum atomic E-state index is 13.1. The summed E-state index contributed by atoms with van der Waals surface area (Å²) in [4.78, 5) is 15.4. The molecule has 1 amide bonds. The molecule has 7 nitrogen and oxygen atoms in total. The highest BCUT2D eigenvalue weighted by Gasteiger charge is 2.19. The molecule has 2 aromatic heterocycles. The van der Waals surface area contributed by atoms with Crippen LogP contribution >= 0.6 is 0 Å². The number of anilines is 2. The first-order valence-corrected chi connectivity index (χ1v) is 10.2. The van der Waals surface area contributed by atoms with Gasteiger partial charge in [-0.05, 0) is 48.5 Å². The second kappa shape index (κ2) is 8.49. The van der Waals surface area contributed by atoms with Crippen LogP contribution in [-0.2, 0) is 4.74 Å². The fourth-order valence-electron chi connectivity index (χ4n) is 3.63. The van der Waals surface area contributed by atoms with E-state index in [1.54, 1.807) is 23.1 Å². The molecular weight excluding hydrogens is 392 g/mol. The van der Waals surface area contributed by atoms with Crippen LogP contribution in [0.1, 0.15) is 10.5 Å². The van der Waals surface area contributed by atoms with E-state index in [2.05, 4.69) is 15.3 Å². The van der Waals surface area contributed by atoms with E-state index in [9.17, 15) is 4.79 Å². The van der Waals surface area contributed by atoms with Gasteiger partial charge in [-0.3, -0.25) is 4.79 Å². The molecule has 2 aromatic carbocycles. The molecule has 0 radical (unpaired) electrons. The summed E-state index contributed by atoms with van der Waals surface area (Å²) in [6.07, 6.45) is 1.59. The molecule has 1 aliphatic rings.